The number of halogens is 2. The van der Waals surface area contributed by atoms with E-state index in [-0.39, 0.29) is 24.9 Å². The summed E-state index contributed by atoms with van der Waals surface area (Å²) in [6, 6.07) is 14.2. The summed E-state index contributed by atoms with van der Waals surface area (Å²) < 4.78 is 0.892. The standard InChI is InChI=1S/C17H17BrClN3O2/c1-22(10-16(23)20-14-7-5-13(19)6-8-14)11-17(24)21-15-4-2-3-12(18)9-15/h2-9H,10-11H2,1H3,(H,20,23)(H,21,24)/p+1. The SMILES string of the molecule is C[NH+](CC(=O)Nc1ccc(Cl)cc1)CC(=O)Nc1cccc(Br)c1. The fourth-order valence-electron chi connectivity index (χ4n) is 2.12. The van der Waals surface area contributed by atoms with Crippen LogP contribution >= 0.6 is 27.5 Å². The maximum absolute atomic E-state index is 12.0. The Kier molecular flexibility index (Phi) is 6.78. The normalized spacial score (nSPS) is 11.6. The second kappa shape index (κ2) is 8.82. The topological polar surface area (TPSA) is 62.6 Å². The molecule has 0 radical (unpaired) electrons. The molecule has 2 rings (SSSR count). The van der Waals surface area contributed by atoms with Crippen LogP contribution in [0, 0.1) is 0 Å². The molecule has 0 aliphatic rings. The molecule has 0 heterocycles. The number of benzene rings is 2. The van der Waals surface area contributed by atoms with Gasteiger partial charge in [0.05, 0.1) is 7.05 Å². The van der Waals surface area contributed by atoms with Crippen molar-refractivity contribution in [2.75, 3.05) is 30.8 Å². The van der Waals surface area contributed by atoms with Crippen molar-refractivity contribution in [3.63, 3.8) is 0 Å². The predicted octanol–water partition coefficient (Wildman–Crippen LogP) is 2.19. The zero-order chi connectivity index (χ0) is 17.5. The molecule has 2 amide bonds. The first-order valence-corrected chi connectivity index (χ1v) is 8.51. The van der Waals surface area contributed by atoms with Gasteiger partial charge in [-0.25, -0.2) is 0 Å². The van der Waals surface area contributed by atoms with E-state index in [9.17, 15) is 9.59 Å². The molecule has 0 aliphatic heterocycles. The minimum atomic E-state index is -0.162. The monoisotopic (exact) mass is 410 g/mol. The molecule has 1 unspecified atom stereocenters. The van der Waals surface area contributed by atoms with Crippen molar-refractivity contribution in [2.45, 2.75) is 0 Å². The number of anilines is 2. The zero-order valence-corrected chi connectivity index (χ0v) is 15.4. The molecule has 24 heavy (non-hydrogen) atoms. The molecule has 126 valence electrons. The second-order valence-electron chi connectivity index (χ2n) is 5.42. The van der Waals surface area contributed by atoms with Gasteiger partial charge in [-0.1, -0.05) is 33.6 Å². The molecule has 0 spiro atoms. The lowest BCUT2D eigenvalue weighted by Gasteiger charge is -2.14. The van der Waals surface area contributed by atoms with Gasteiger partial charge in [0.2, 0.25) is 0 Å². The van der Waals surface area contributed by atoms with Crippen molar-refractivity contribution in [3.05, 3.63) is 58.0 Å². The summed E-state index contributed by atoms with van der Waals surface area (Å²) >= 11 is 9.16. The van der Waals surface area contributed by atoms with Crippen molar-refractivity contribution in [2.24, 2.45) is 0 Å². The van der Waals surface area contributed by atoms with Gasteiger partial charge in [-0.3, -0.25) is 9.59 Å². The van der Waals surface area contributed by atoms with Crippen molar-refractivity contribution in [3.8, 4) is 0 Å². The molecule has 7 heteroatoms. The van der Waals surface area contributed by atoms with Gasteiger partial charge in [0, 0.05) is 20.9 Å². The molecule has 2 aromatic rings. The predicted molar refractivity (Wildman–Crippen MR) is 99.5 cm³/mol. The van der Waals surface area contributed by atoms with Crippen molar-refractivity contribution in [1.29, 1.82) is 0 Å². The van der Waals surface area contributed by atoms with Crippen LogP contribution in [-0.4, -0.2) is 32.0 Å². The van der Waals surface area contributed by atoms with E-state index in [2.05, 4.69) is 26.6 Å². The number of carbonyl (C=O) groups is 2. The minimum Gasteiger partial charge on any atom is -0.322 e. The Labute approximate surface area is 154 Å². The first kappa shape index (κ1) is 18.4. The average Bonchev–Trinajstić information content (AvgIpc) is 2.49. The third-order valence-electron chi connectivity index (χ3n) is 3.16. The average molecular weight is 412 g/mol. The van der Waals surface area contributed by atoms with Crippen molar-refractivity contribution >= 4 is 50.7 Å². The Morgan fingerprint density at radius 2 is 1.58 bits per heavy atom. The van der Waals surface area contributed by atoms with Gasteiger partial charge in [0.25, 0.3) is 11.8 Å². The molecule has 5 nitrogen and oxygen atoms in total. The van der Waals surface area contributed by atoms with Crippen molar-refractivity contribution in [1.82, 2.24) is 0 Å². The van der Waals surface area contributed by atoms with E-state index in [1.807, 2.05) is 24.3 Å². The number of rotatable bonds is 6. The summed E-state index contributed by atoms with van der Waals surface area (Å²) in [5, 5.41) is 6.19. The van der Waals surface area contributed by atoms with E-state index in [4.69, 9.17) is 11.6 Å². The van der Waals surface area contributed by atoms with E-state index < -0.39 is 0 Å². The van der Waals surface area contributed by atoms with Crippen LogP contribution in [0.5, 0.6) is 0 Å². The highest BCUT2D eigenvalue weighted by atomic mass is 79.9. The lowest BCUT2D eigenvalue weighted by atomic mass is 10.3. The van der Waals surface area contributed by atoms with E-state index >= 15 is 0 Å². The summed E-state index contributed by atoms with van der Waals surface area (Å²) in [7, 11) is 1.79. The third-order valence-corrected chi connectivity index (χ3v) is 3.91. The lowest BCUT2D eigenvalue weighted by molar-refractivity contribution is -0.862. The molecule has 0 saturated carbocycles. The summed E-state index contributed by atoms with van der Waals surface area (Å²) in [4.78, 5) is 24.8. The Morgan fingerprint density at radius 1 is 1.00 bits per heavy atom. The Hall–Kier alpha value is -1.89. The number of hydrogen-bond acceptors (Lipinski definition) is 2. The number of likely N-dealkylation sites (N-methyl/N-ethyl adjacent to an activating group) is 1. The van der Waals surface area contributed by atoms with Crippen LogP contribution in [0.15, 0.2) is 53.0 Å². The van der Waals surface area contributed by atoms with Gasteiger partial charge < -0.3 is 15.5 Å². The molecule has 0 fully saturated rings. The quantitative estimate of drug-likeness (QED) is 0.682. The second-order valence-corrected chi connectivity index (χ2v) is 6.78. The zero-order valence-electron chi connectivity index (χ0n) is 13.1. The Bertz CT molecular complexity index is 722. The van der Waals surface area contributed by atoms with Crippen LogP contribution < -0.4 is 15.5 Å². The van der Waals surface area contributed by atoms with Crippen LogP contribution in [-0.2, 0) is 9.59 Å². The van der Waals surface area contributed by atoms with E-state index in [1.165, 1.54) is 0 Å². The van der Waals surface area contributed by atoms with Crippen LogP contribution in [0.2, 0.25) is 5.02 Å². The molecule has 0 bridgehead atoms. The fraction of sp³-hybridized carbons (Fsp3) is 0.176. The molecular weight excluding hydrogens is 394 g/mol. The first-order valence-electron chi connectivity index (χ1n) is 7.34. The van der Waals surface area contributed by atoms with Gasteiger partial charge in [-0.05, 0) is 42.5 Å². The van der Waals surface area contributed by atoms with Gasteiger partial charge >= 0.3 is 0 Å². The molecule has 0 aliphatic carbocycles. The van der Waals surface area contributed by atoms with Crippen LogP contribution in [0.25, 0.3) is 0 Å². The maximum atomic E-state index is 12.0. The summed E-state index contributed by atoms with van der Waals surface area (Å²) in [6.45, 7) is 0.384. The minimum absolute atomic E-state index is 0.148. The molecule has 2 aromatic carbocycles. The summed E-state index contributed by atoms with van der Waals surface area (Å²) in [5.74, 6) is -0.310. The molecule has 1 atom stereocenters. The highest BCUT2D eigenvalue weighted by Gasteiger charge is 2.14. The number of hydrogen-bond donors (Lipinski definition) is 3. The van der Waals surface area contributed by atoms with Crippen LogP contribution in [0.4, 0.5) is 11.4 Å². The van der Waals surface area contributed by atoms with Crippen LogP contribution in [0.3, 0.4) is 0 Å². The maximum Gasteiger partial charge on any atom is 0.279 e. The van der Waals surface area contributed by atoms with E-state index in [0.29, 0.717) is 16.4 Å². The third kappa shape index (κ3) is 6.31. The van der Waals surface area contributed by atoms with Gasteiger partial charge in [-0.15, -0.1) is 0 Å². The van der Waals surface area contributed by atoms with Gasteiger partial charge in [-0.2, -0.15) is 0 Å². The van der Waals surface area contributed by atoms with Gasteiger partial charge in [0.15, 0.2) is 13.1 Å². The molecule has 0 aromatic heterocycles. The molecule has 3 N–H and O–H groups in total. The molecule has 0 saturated heterocycles. The Morgan fingerprint density at radius 3 is 2.17 bits per heavy atom. The van der Waals surface area contributed by atoms with E-state index in [1.54, 1.807) is 31.3 Å². The Balaban J connectivity index is 1.79. The van der Waals surface area contributed by atoms with E-state index in [0.717, 1.165) is 9.37 Å². The lowest BCUT2D eigenvalue weighted by Crippen LogP contribution is -3.11. The smallest absolute Gasteiger partial charge is 0.279 e. The number of carbonyl (C=O) groups excluding carboxylic acids is 2. The highest BCUT2D eigenvalue weighted by molar-refractivity contribution is 9.10. The number of amides is 2. The summed E-state index contributed by atoms with van der Waals surface area (Å²) in [5.41, 5.74) is 1.39. The summed E-state index contributed by atoms with van der Waals surface area (Å²) in [6.07, 6.45) is 0. The number of quaternary nitrogens is 1. The van der Waals surface area contributed by atoms with Crippen molar-refractivity contribution < 1.29 is 14.5 Å². The van der Waals surface area contributed by atoms with Gasteiger partial charge in [0.1, 0.15) is 0 Å². The highest BCUT2D eigenvalue weighted by Crippen LogP contribution is 2.15. The largest absolute Gasteiger partial charge is 0.322 e. The van der Waals surface area contributed by atoms with Crippen LogP contribution in [0.1, 0.15) is 0 Å². The molecular formula is C17H18BrClN3O2+. The fourth-order valence-corrected chi connectivity index (χ4v) is 2.65. The first-order chi connectivity index (χ1) is 11.4. The number of nitrogens with one attached hydrogen (secondary N) is 3.